The van der Waals surface area contributed by atoms with E-state index in [1.807, 2.05) is 0 Å². The maximum absolute atomic E-state index is 11.9. The van der Waals surface area contributed by atoms with Crippen molar-refractivity contribution in [2.24, 2.45) is 5.92 Å². The standard InChI is InChI=1S/C17H21BrClNO4/c1-11-4-2-3-5-14(11)20-16(21)9-24-17(22)10-23-15-7-6-12(19)8-13(15)18/h6-8,11,14H,2-5,9-10H2,1H3,(H,20,21)/t11-,14+/m1/s1. The second-order valence-corrected chi connectivity index (χ2v) is 7.25. The highest BCUT2D eigenvalue weighted by atomic mass is 79.9. The van der Waals surface area contributed by atoms with Crippen molar-refractivity contribution < 1.29 is 19.1 Å². The van der Waals surface area contributed by atoms with Gasteiger partial charge >= 0.3 is 5.97 Å². The molecule has 7 heteroatoms. The number of hydrogen-bond acceptors (Lipinski definition) is 4. The van der Waals surface area contributed by atoms with Crippen LogP contribution in [0, 0.1) is 5.92 Å². The Morgan fingerprint density at radius 2 is 2.04 bits per heavy atom. The summed E-state index contributed by atoms with van der Waals surface area (Å²) in [6.07, 6.45) is 4.43. The van der Waals surface area contributed by atoms with Gasteiger partial charge < -0.3 is 14.8 Å². The summed E-state index contributed by atoms with van der Waals surface area (Å²) in [4.78, 5) is 23.6. The molecule has 5 nitrogen and oxygen atoms in total. The van der Waals surface area contributed by atoms with Crippen molar-refractivity contribution in [2.45, 2.75) is 38.6 Å². The molecule has 0 radical (unpaired) electrons. The molecule has 0 unspecified atom stereocenters. The largest absolute Gasteiger partial charge is 0.481 e. The minimum Gasteiger partial charge on any atom is -0.481 e. The van der Waals surface area contributed by atoms with Crippen LogP contribution in [0.25, 0.3) is 0 Å². The first kappa shape index (κ1) is 19.1. The van der Waals surface area contributed by atoms with Crippen molar-refractivity contribution in [1.82, 2.24) is 5.32 Å². The lowest BCUT2D eigenvalue weighted by Gasteiger charge is -2.29. The maximum atomic E-state index is 11.9. The summed E-state index contributed by atoms with van der Waals surface area (Å²) in [6, 6.07) is 5.15. The third-order valence-electron chi connectivity index (χ3n) is 4.06. The average Bonchev–Trinajstić information content (AvgIpc) is 2.54. The van der Waals surface area contributed by atoms with Gasteiger partial charge in [-0.25, -0.2) is 4.79 Å². The van der Waals surface area contributed by atoms with Crippen molar-refractivity contribution in [1.29, 1.82) is 0 Å². The first-order valence-corrected chi connectivity index (χ1v) is 9.15. The zero-order chi connectivity index (χ0) is 17.5. The summed E-state index contributed by atoms with van der Waals surface area (Å²) in [6.45, 7) is 1.58. The quantitative estimate of drug-likeness (QED) is 0.715. The number of nitrogens with one attached hydrogen (secondary N) is 1. The molecule has 1 aliphatic rings. The van der Waals surface area contributed by atoms with Crippen LogP contribution in [0.3, 0.4) is 0 Å². The summed E-state index contributed by atoms with van der Waals surface area (Å²) in [7, 11) is 0. The van der Waals surface area contributed by atoms with Crippen LogP contribution in [0.15, 0.2) is 22.7 Å². The molecule has 1 amide bonds. The van der Waals surface area contributed by atoms with E-state index in [4.69, 9.17) is 21.1 Å². The summed E-state index contributed by atoms with van der Waals surface area (Å²) < 4.78 is 10.9. The Kier molecular flexibility index (Phi) is 7.37. The highest BCUT2D eigenvalue weighted by molar-refractivity contribution is 9.10. The van der Waals surface area contributed by atoms with Gasteiger partial charge in [0.25, 0.3) is 5.91 Å². The van der Waals surface area contributed by atoms with Gasteiger partial charge in [0.1, 0.15) is 5.75 Å². The van der Waals surface area contributed by atoms with Crippen LogP contribution in [-0.4, -0.2) is 31.1 Å². The second kappa shape index (κ2) is 9.28. The van der Waals surface area contributed by atoms with Crippen molar-refractivity contribution in [3.8, 4) is 5.75 Å². The summed E-state index contributed by atoms with van der Waals surface area (Å²) >= 11 is 9.13. The molecular formula is C17H21BrClNO4. The van der Waals surface area contributed by atoms with Gasteiger partial charge in [0.15, 0.2) is 13.2 Å². The molecule has 1 N–H and O–H groups in total. The van der Waals surface area contributed by atoms with Crippen molar-refractivity contribution >= 4 is 39.4 Å². The normalized spacial score (nSPS) is 20.3. The first-order valence-electron chi connectivity index (χ1n) is 7.98. The van der Waals surface area contributed by atoms with Crippen LogP contribution in [-0.2, 0) is 14.3 Å². The van der Waals surface area contributed by atoms with Gasteiger partial charge in [-0.2, -0.15) is 0 Å². The van der Waals surface area contributed by atoms with E-state index in [2.05, 4.69) is 28.2 Å². The molecule has 1 fully saturated rings. The summed E-state index contributed by atoms with van der Waals surface area (Å²) in [5.74, 6) is 0.0827. The van der Waals surface area contributed by atoms with Crippen LogP contribution in [0.1, 0.15) is 32.6 Å². The molecule has 1 aromatic carbocycles. The lowest BCUT2D eigenvalue weighted by molar-refractivity contribution is -0.150. The van der Waals surface area contributed by atoms with Gasteiger partial charge in [-0.15, -0.1) is 0 Å². The molecular weight excluding hydrogens is 398 g/mol. The Labute approximate surface area is 155 Å². The highest BCUT2D eigenvalue weighted by Gasteiger charge is 2.23. The first-order chi connectivity index (χ1) is 11.5. The van der Waals surface area contributed by atoms with Crippen LogP contribution in [0.2, 0.25) is 5.02 Å². The molecule has 0 bridgehead atoms. The van der Waals surface area contributed by atoms with E-state index in [1.54, 1.807) is 18.2 Å². The molecule has 0 heterocycles. The molecule has 0 aromatic heterocycles. The number of carbonyl (C=O) groups is 2. The van der Waals surface area contributed by atoms with E-state index in [0.29, 0.717) is 21.2 Å². The fourth-order valence-corrected chi connectivity index (χ4v) is 3.49. The third kappa shape index (κ3) is 5.98. The number of rotatable bonds is 6. The number of esters is 1. The SMILES string of the molecule is C[C@@H]1CCCC[C@@H]1NC(=O)COC(=O)COc1ccc(Cl)cc1Br. The fraction of sp³-hybridized carbons (Fsp3) is 0.529. The topological polar surface area (TPSA) is 64.6 Å². The van der Waals surface area contributed by atoms with Gasteiger partial charge in [-0.1, -0.05) is 31.4 Å². The van der Waals surface area contributed by atoms with E-state index >= 15 is 0 Å². The number of ether oxygens (including phenoxy) is 2. The van der Waals surface area contributed by atoms with E-state index < -0.39 is 5.97 Å². The zero-order valence-corrected chi connectivity index (χ0v) is 15.9. The van der Waals surface area contributed by atoms with Gasteiger partial charge in [-0.3, -0.25) is 4.79 Å². The Morgan fingerprint density at radius 1 is 1.29 bits per heavy atom. The van der Waals surface area contributed by atoms with Crippen molar-refractivity contribution in [3.63, 3.8) is 0 Å². The van der Waals surface area contributed by atoms with E-state index in [1.165, 1.54) is 6.42 Å². The molecule has 0 saturated heterocycles. The minimum atomic E-state index is -0.594. The minimum absolute atomic E-state index is 0.172. The molecule has 0 aliphatic heterocycles. The number of benzene rings is 1. The molecule has 132 valence electrons. The van der Waals surface area contributed by atoms with Crippen molar-refractivity contribution in [3.05, 3.63) is 27.7 Å². The Hall–Kier alpha value is -1.27. The predicted octanol–water partition coefficient (Wildman–Crippen LogP) is 3.72. The number of carbonyl (C=O) groups excluding carboxylic acids is 2. The van der Waals surface area contributed by atoms with Crippen LogP contribution >= 0.6 is 27.5 Å². The number of amides is 1. The number of hydrogen-bond donors (Lipinski definition) is 1. The third-order valence-corrected chi connectivity index (χ3v) is 4.92. The second-order valence-electron chi connectivity index (χ2n) is 5.96. The molecule has 0 spiro atoms. The molecule has 24 heavy (non-hydrogen) atoms. The molecule has 2 rings (SSSR count). The predicted molar refractivity (Wildman–Crippen MR) is 95.2 cm³/mol. The van der Waals surface area contributed by atoms with E-state index in [-0.39, 0.29) is 25.2 Å². The summed E-state index contributed by atoms with van der Waals surface area (Å²) in [5.41, 5.74) is 0. The van der Waals surface area contributed by atoms with Gasteiger partial charge in [0.2, 0.25) is 0 Å². The van der Waals surface area contributed by atoms with Gasteiger partial charge in [-0.05, 0) is 52.9 Å². The lowest BCUT2D eigenvalue weighted by atomic mass is 9.86. The van der Waals surface area contributed by atoms with Crippen LogP contribution in [0.4, 0.5) is 0 Å². The van der Waals surface area contributed by atoms with Gasteiger partial charge in [0.05, 0.1) is 4.47 Å². The Morgan fingerprint density at radius 3 is 2.75 bits per heavy atom. The maximum Gasteiger partial charge on any atom is 0.344 e. The highest BCUT2D eigenvalue weighted by Crippen LogP contribution is 2.28. The molecule has 2 atom stereocenters. The molecule has 1 aromatic rings. The molecule has 1 aliphatic carbocycles. The Bertz CT molecular complexity index is 596. The summed E-state index contributed by atoms with van der Waals surface area (Å²) in [5, 5.41) is 3.49. The Balaban J connectivity index is 1.69. The number of halogens is 2. The van der Waals surface area contributed by atoms with Crippen LogP contribution < -0.4 is 10.1 Å². The van der Waals surface area contributed by atoms with E-state index in [0.717, 1.165) is 19.3 Å². The van der Waals surface area contributed by atoms with Crippen LogP contribution in [0.5, 0.6) is 5.75 Å². The monoisotopic (exact) mass is 417 g/mol. The molecule has 1 saturated carbocycles. The van der Waals surface area contributed by atoms with Crippen molar-refractivity contribution in [2.75, 3.05) is 13.2 Å². The van der Waals surface area contributed by atoms with E-state index in [9.17, 15) is 9.59 Å². The smallest absolute Gasteiger partial charge is 0.344 e. The lowest BCUT2D eigenvalue weighted by Crippen LogP contribution is -2.43. The van der Waals surface area contributed by atoms with Gasteiger partial charge in [0, 0.05) is 11.1 Å². The zero-order valence-electron chi connectivity index (χ0n) is 13.5. The average molecular weight is 419 g/mol. The fourth-order valence-electron chi connectivity index (χ4n) is 2.70.